The molecule has 0 saturated carbocycles. The molecule has 1 saturated heterocycles. The van der Waals surface area contributed by atoms with Crippen LogP contribution in [-0.4, -0.2) is 41.8 Å². The molecule has 0 aliphatic carbocycles. The highest BCUT2D eigenvalue weighted by molar-refractivity contribution is 6.52. The van der Waals surface area contributed by atoms with Gasteiger partial charge >= 0.3 is 0 Å². The summed E-state index contributed by atoms with van der Waals surface area (Å²) in [5.74, 6) is -3.08. The van der Waals surface area contributed by atoms with Crippen LogP contribution in [0, 0.1) is 5.82 Å². The maximum Gasteiger partial charge on any atom is 0.262 e. The molecule has 1 fully saturated rings. The number of hydrogen-bond acceptors (Lipinski definition) is 4. The van der Waals surface area contributed by atoms with Crippen molar-refractivity contribution in [3.05, 3.63) is 29.1 Å². The molecule has 8 heteroatoms. The highest BCUT2D eigenvalue weighted by Crippen LogP contribution is 2.27. The maximum absolute atomic E-state index is 13.8. The Morgan fingerprint density at radius 1 is 1.18 bits per heavy atom. The predicted molar refractivity (Wildman–Crippen MR) is 74.3 cm³/mol. The van der Waals surface area contributed by atoms with Gasteiger partial charge in [-0.15, -0.1) is 0 Å². The molecule has 111 valence electrons. The van der Waals surface area contributed by atoms with Gasteiger partial charge in [-0.05, 0) is 12.5 Å². The van der Waals surface area contributed by atoms with Crippen molar-refractivity contribution in [3.63, 3.8) is 0 Å². The summed E-state index contributed by atoms with van der Waals surface area (Å²) in [7, 11) is 1.49. The van der Waals surface area contributed by atoms with Crippen LogP contribution in [0.5, 0.6) is 0 Å². The topological polar surface area (TPSA) is 83.6 Å². The van der Waals surface area contributed by atoms with E-state index < -0.39 is 35.5 Å². The summed E-state index contributed by atoms with van der Waals surface area (Å²) in [4.78, 5) is 48.6. The molecule has 6 nitrogen and oxygen atoms in total. The zero-order chi connectivity index (χ0) is 16.0. The minimum Gasteiger partial charge on any atom is -0.295 e. The molecule has 22 heavy (non-hydrogen) atoms. The molecule has 2 aliphatic rings. The van der Waals surface area contributed by atoms with Crippen LogP contribution >= 0.6 is 0 Å². The van der Waals surface area contributed by atoms with Gasteiger partial charge in [0.2, 0.25) is 11.8 Å². The molecular formula is C14H11BFN2O4. The smallest absolute Gasteiger partial charge is 0.262 e. The van der Waals surface area contributed by atoms with E-state index in [1.807, 2.05) is 0 Å². The number of halogens is 1. The number of carbonyl (C=O) groups excluding carboxylic acids is 4. The fourth-order valence-corrected chi connectivity index (χ4v) is 2.73. The molecule has 1 unspecified atom stereocenters. The monoisotopic (exact) mass is 301 g/mol. The molecule has 1 atom stereocenters. The summed E-state index contributed by atoms with van der Waals surface area (Å²) in [6.07, 6.45) is 0.123. The third-order valence-electron chi connectivity index (χ3n) is 3.87. The number of rotatable bonds is 2. The Morgan fingerprint density at radius 2 is 1.82 bits per heavy atom. The van der Waals surface area contributed by atoms with Gasteiger partial charge in [0.25, 0.3) is 11.8 Å². The van der Waals surface area contributed by atoms with E-state index in [0.717, 1.165) is 11.0 Å². The SMILES string of the molecule is C[B]c1cc2c(cc1F)C(=O)N(C1CCC(=O)NC1=O)C2=O. The number of nitrogens with one attached hydrogen (secondary N) is 1. The lowest BCUT2D eigenvalue weighted by Gasteiger charge is -2.27. The first-order valence-electron chi connectivity index (χ1n) is 6.78. The van der Waals surface area contributed by atoms with Gasteiger partial charge in [0.05, 0.1) is 11.1 Å². The van der Waals surface area contributed by atoms with Crippen molar-refractivity contribution >= 4 is 36.4 Å². The van der Waals surface area contributed by atoms with E-state index in [1.165, 1.54) is 13.3 Å². The Bertz CT molecular complexity index is 734. The number of hydrogen-bond donors (Lipinski definition) is 1. The van der Waals surface area contributed by atoms with Gasteiger partial charge in [0, 0.05) is 6.42 Å². The summed E-state index contributed by atoms with van der Waals surface area (Å²) in [5.41, 5.74) is 0.229. The molecule has 4 amide bonds. The third-order valence-corrected chi connectivity index (χ3v) is 3.87. The second-order valence-electron chi connectivity index (χ2n) is 5.16. The largest absolute Gasteiger partial charge is 0.295 e. The lowest BCUT2D eigenvalue weighted by atomic mass is 9.72. The van der Waals surface area contributed by atoms with Crippen LogP contribution in [0.1, 0.15) is 33.6 Å². The Balaban J connectivity index is 2.00. The molecule has 2 heterocycles. The van der Waals surface area contributed by atoms with Crippen molar-refractivity contribution in [2.75, 3.05) is 0 Å². The normalized spacial score (nSPS) is 21.0. The summed E-state index contributed by atoms with van der Waals surface area (Å²) in [6.45, 7) is 1.62. The van der Waals surface area contributed by atoms with Crippen LogP contribution in [0.25, 0.3) is 0 Å². The highest BCUT2D eigenvalue weighted by Gasteiger charge is 2.44. The quantitative estimate of drug-likeness (QED) is 0.595. The molecule has 1 N–H and O–H groups in total. The molecule has 3 rings (SSSR count). The van der Waals surface area contributed by atoms with E-state index >= 15 is 0 Å². The fraction of sp³-hybridized carbons (Fsp3) is 0.286. The van der Waals surface area contributed by atoms with Crippen LogP contribution < -0.4 is 10.8 Å². The van der Waals surface area contributed by atoms with E-state index in [4.69, 9.17) is 0 Å². The first-order chi connectivity index (χ1) is 10.4. The molecule has 1 radical (unpaired) electrons. The molecule has 0 spiro atoms. The average molecular weight is 301 g/mol. The Labute approximate surface area is 125 Å². The molecule has 1 aromatic carbocycles. The number of imide groups is 2. The second kappa shape index (κ2) is 5.05. The van der Waals surface area contributed by atoms with E-state index in [1.54, 1.807) is 6.82 Å². The summed E-state index contributed by atoms with van der Waals surface area (Å²) in [6, 6.07) is 1.27. The van der Waals surface area contributed by atoms with Crippen molar-refractivity contribution in [2.24, 2.45) is 0 Å². The second-order valence-corrected chi connectivity index (χ2v) is 5.16. The average Bonchev–Trinajstić information content (AvgIpc) is 2.70. The van der Waals surface area contributed by atoms with E-state index in [2.05, 4.69) is 5.32 Å². The molecule has 2 aliphatic heterocycles. The first kappa shape index (κ1) is 14.4. The van der Waals surface area contributed by atoms with Crippen molar-refractivity contribution in [1.82, 2.24) is 10.2 Å². The van der Waals surface area contributed by atoms with Crippen molar-refractivity contribution in [1.29, 1.82) is 0 Å². The molecular weight excluding hydrogens is 290 g/mol. The van der Waals surface area contributed by atoms with Gasteiger partial charge in [0.15, 0.2) is 7.28 Å². The lowest BCUT2D eigenvalue weighted by molar-refractivity contribution is -0.136. The van der Waals surface area contributed by atoms with Crippen LogP contribution in [0.3, 0.4) is 0 Å². The summed E-state index contributed by atoms with van der Waals surface area (Å²) < 4.78 is 13.8. The molecule has 0 bridgehead atoms. The van der Waals surface area contributed by atoms with E-state index in [0.29, 0.717) is 0 Å². The Morgan fingerprint density at radius 3 is 2.41 bits per heavy atom. The zero-order valence-electron chi connectivity index (χ0n) is 11.7. The van der Waals surface area contributed by atoms with Crippen LogP contribution in [-0.2, 0) is 9.59 Å². The minimum atomic E-state index is -1.04. The van der Waals surface area contributed by atoms with Gasteiger partial charge in [-0.25, -0.2) is 4.39 Å². The lowest BCUT2D eigenvalue weighted by Crippen LogP contribution is -2.54. The van der Waals surface area contributed by atoms with Crippen molar-refractivity contribution in [3.8, 4) is 0 Å². The zero-order valence-corrected chi connectivity index (χ0v) is 11.7. The third kappa shape index (κ3) is 2.02. The number of fused-ring (bicyclic) bond motifs is 1. The predicted octanol–water partition coefficient (Wildman–Crippen LogP) is -0.395. The first-order valence-corrected chi connectivity index (χ1v) is 6.78. The fourth-order valence-electron chi connectivity index (χ4n) is 2.73. The van der Waals surface area contributed by atoms with Gasteiger partial charge in [-0.1, -0.05) is 18.4 Å². The van der Waals surface area contributed by atoms with Gasteiger partial charge < -0.3 is 0 Å². The Kier molecular flexibility index (Phi) is 3.31. The number of amides is 4. The van der Waals surface area contributed by atoms with Crippen molar-refractivity contribution < 1.29 is 23.6 Å². The number of piperidine rings is 1. The summed E-state index contributed by atoms with van der Waals surface area (Å²) in [5, 5.41) is 2.10. The maximum atomic E-state index is 13.8. The summed E-state index contributed by atoms with van der Waals surface area (Å²) >= 11 is 0. The highest BCUT2D eigenvalue weighted by atomic mass is 19.1. The van der Waals surface area contributed by atoms with Gasteiger partial charge in [0.1, 0.15) is 11.9 Å². The molecule has 1 aromatic rings. The number of carbonyl (C=O) groups is 4. The van der Waals surface area contributed by atoms with E-state index in [9.17, 15) is 23.6 Å². The standard InChI is InChI=1S/C14H11BFN2O4/c1-15-8-4-6-7(5-9(8)16)14(22)18(13(6)21)10-2-3-11(19)17-12(10)20/h4-5,10H,2-3H2,1H3,(H,17,19,20). The van der Waals surface area contributed by atoms with Crippen LogP contribution in [0.2, 0.25) is 6.82 Å². The van der Waals surface area contributed by atoms with Crippen LogP contribution in [0.15, 0.2) is 12.1 Å². The molecule has 0 aromatic heterocycles. The van der Waals surface area contributed by atoms with Crippen molar-refractivity contribution in [2.45, 2.75) is 25.7 Å². The number of nitrogens with zero attached hydrogens (tertiary/aromatic N) is 1. The van der Waals surface area contributed by atoms with E-state index in [-0.39, 0.29) is 29.4 Å². The minimum absolute atomic E-state index is 0.0478. The number of benzene rings is 1. The van der Waals surface area contributed by atoms with Gasteiger partial charge in [-0.2, -0.15) is 0 Å². The van der Waals surface area contributed by atoms with Gasteiger partial charge in [-0.3, -0.25) is 29.4 Å². The van der Waals surface area contributed by atoms with Crippen LogP contribution in [0.4, 0.5) is 4.39 Å². The Hall–Kier alpha value is -2.51.